The van der Waals surface area contributed by atoms with Crippen LogP contribution in [0.15, 0.2) is 24.3 Å². The summed E-state index contributed by atoms with van der Waals surface area (Å²) in [5.74, 6) is 0. The van der Waals surface area contributed by atoms with Crippen LogP contribution in [0.25, 0.3) is 0 Å². The van der Waals surface area contributed by atoms with Crippen molar-refractivity contribution >= 4 is 0 Å². The normalized spacial score (nSPS) is 12.2. The lowest BCUT2D eigenvalue weighted by atomic mass is 10.1. The molecule has 2 heteroatoms. The van der Waals surface area contributed by atoms with E-state index < -0.39 is 0 Å². The summed E-state index contributed by atoms with van der Waals surface area (Å²) in [6.45, 7) is 5.25. The molecule has 0 spiro atoms. The van der Waals surface area contributed by atoms with Crippen molar-refractivity contribution in [2.45, 2.75) is 90.4 Å². The van der Waals surface area contributed by atoms with E-state index in [2.05, 4.69) is 50.2 Å². The smallest absolute Gasteiger partial charge is 0.0478 e. The molecule has 0 aliphatic rings. The van der Waals surface area contributed by atoms with Crippen molar-refractivity contribution < 1.29 is 4.74 Å². The predicted molar refractivity (Wildman–Crippen MR) is 113 cm³/mol. The summed E-state index contributed by atoms with van der Waals surface area (Å²) in [4.78, 5) is 2.21. The van der Waals surface area contributed by atoms with Crippen LogP contribution in [0.2, 0.25) is 0 Å². The number of rotatable bonds is 19. The van der Waals surface area contributed by atoms with E-state index >= 15 is 0 Å². The maximum absolute atomic E-state index is 5.66. The monoisotopic (exact) mass is 351 g/mol. The lowest BCUT2D eigenvalue weighted by Gasteiger charge is -2.09. The van der Waals surface area contributed by atoms with Crippen LogP contribution in [0.4, 0.5) is 0 Å². The number of ether oxygens (including phenoxy) is 1. The van der Waals surface area contributed by atoms with Crippen molar-refractivity contribution in [1.82, 2.24) is 4.90 Å². The van der Waals surface area contributed by atoms with Gasteiger partial charge in [0.15, 0.2) is 0 Å². The van der Waals surface area contributed by atoms with E-state index in [0.717, 1.165) is 32.6 Å². The maximum atomic E-state index is 5.66. The van der Waals surface area contributed by atoms with Gasteiger partial charge in [-0.05, 0) is 65.6 Å². The molecule has 0 heterocycles. The molecular formula is C23H45NO. The van der Waals surface area contributed by atoms with Gasteiger partial charge in [0.1, 0.15) is 0 Å². The molecule has 0 fully saturated rings. The fraction of sp³-hybridized carbons (Fsp3) is 0.826. The summed E-state index contributed by atoms with van der Waals surface area (Å²) in [6, 6.07) is 0. The summed E-state index contributed by atoms with van der Waals surface area (Å²) in [5.41, 5.74) is 0. The van der Waals surface area contributed by atoms with Crippen LogP contribution in [0.3, 0.4) is 0 Å². The largest absolute Gasteiger partial charge is 0.381 e. The molecule has 2 nitrogen and oxygen atoms in total. The second kappa shape index (κ2) is 21.4. The van der Waals surface area contributed by atoms with Crippen molar-refractivity contribution in [2.24, 2.45) is 0 Å². The Labute approximate surface area is 158 Å². The Kier molecular flexibility index (Phi) is 20.9. The molecule has 148 valence electrons. The van der Waals surface area contributed by atoms with Gasteiger partial charge in [0, 0.05) is 13.2 Å². The average Bonchev–Trinajstić information content (AvgIpc) is 2.60. The molecule has 0 N–H and O–H groups in total. The van der Waals surface area contributed by atoms with Gasteiger partial charge in [0.05, 0.1) is 0 Å². The Morgan fingerprint density at radius 2 is 1.20 bits per heavy atom. The second-order valence-corrected chi connectivity index (χ2v) is 7.35. The SMILES string of the molecule is CCCCC/C=C\C/C=C\CCCCCCCCOCCCN(C)C. The highest BCUT2D eigenvalue weighted by Gasteiger charge is 1.93. The molecule has 0 unspecified atom stereocenters. The fourth-order valence-corrected chi connectivity index (χ4v) is 2.78. The van der Waals surface area contributed by atoms with Crippen LogP contribution in [0.5, 0.6) is 0 Å². The molecule has 0 aliphatic heterocycles. The lowest BCUT2D eigenvalue weighted by Crippen LogP contribution is -2.14. The molecule has 0 aromatic carbocycles. The third kappa shape index (κ3) is 23.4. The molecule has 0 radical (unpaired) electrons. The van der Waals surface area contributed by atoms with Gasteiger partial charge < -0.3 is 9.64 Å². The number of nitrogens with zero attached hydrogens (tertiary/aromatic N) is 1. The highest BCUT2D eigenvalue weighted by atomic mass is 16.5. The summed E-state index contributed by atoms with van der Waals surface area (Å²) in [6.07, 6.45) is 26.1. The standard InChI is InChI=1S/C23H45NO/c1-4-5-6-7-8-9-10-11-12-13-14-15-16-17-18-19-22-25-23-20-21-24(2)3/h8-9,11-12H,4-7,10,13-23H2,1-3H3/b9-8-,12-11-. The fourth-order valence-electron chi connectivity index (χ4n) is 2.78. The van der Waals surface area contributed by atoms with E-state index in [1.807, 2.05) is 0 Å². The van der Waals surface area contributed by atoms with Crippen LogP contribution in [0.1, 0.15) is 90.4 Å². The molecule has 0 atom stereocenters. The molecule has 0 bridgehead atoms. The zero-order valence-corrected chi connectivity index (χ0v) is 17.5. The summed E-state index contributed by atoms with van der Waals surface area (Å²) in [7, 11) is 4.23. The zero-order valence-electron chi connectivity index (χ0n) is 17.5. The predicted octanol–water partition coefficient (Wildman–Crippen LogP) is 6.77. The van der Waals surface area contributed by atoms with Crippen LogP contribution in [-0.4, -0.2) is 38.8 Å². The third-order valence-corrected chi connectivity index (χ3v) is 4.38. The average molecular weight is 352 g/mol. The van der Waals surface area contributed by atoms with Crippen LogP contribution in [-0.2, 0) is 4.74 Å². The summed E-state index contributed by atoms with van der Waals surface area (Å²) >= 11 is 0. The van der Waals surface area contributed by atoms with Crippen molar-refractivity contribution in [3.63, 3.8) is 0 Å². The molecule has 0 saturated heterocycles. The topological polar surface area (TPSA) is 12.5 Å². The molecule has 0 aromatic heterocycles. The van der Waals surface area contributed by atoms with Crippen LogP contribution in [0, 0.1) is 0 Å². The molecule has 0 aromatic rings. The van der Waals surface area contributed by atoms with E-state index in [0.29, 0.717) is 0 Å². The van der Waals surface area contributed by atoms with E-state index in [1.165, 1.54) is 70.6 Å². The van der Waals surface area contributed by atoms with Gasteiger partial charge in [-0.25, -0.2) is 0 Å². The molecule has 0 amide bonds. The minimum atomic E-state index is 0.915. The highest BCUT2D eigenvalue weighted by Crippen LogP contribution is 2.08. The number of hydrogen-bond acceptors (Lipinski definition) is 2. The maximum Gasteiger partial charge on any atom is 0.0478 e. The Hall–Kier alpha value is -0.600. The van der Waals surface area contributed by atoms with Gasteiger partial charge >= 0.3 is 0 Å². The van der Waals surface area contributed by atoms with Crippen molar-refractivity contribution in [3.05, 3.63) is 24.3 Å². The van der Waals surface area contributed by atoms with Crippen molar-refractivity contribution in [2.75, 3.05) is 33.9 Å². The molecule has 0 saturated carbocycles. The zero-order chi connectivity index (χ0) is 18.4. The lowest BCUT2D eigenvalue weighted by molar-refractivity contribution is 0.122. The molecule has 0 rings (SSSR count). The van der Waals surface area contributed by atoms with Gasteiger partial charge in [-0.1, -0.05) is 69.8 Å². The van der Waals surface area contributed by atoms with E-state index in [-0.39, 0.29) is 0 Å². The Bertz CT molecular complexity index is 296. The quantitative estimate of drug-likeness (QED) is 0.188. The highest BCUT2D eigenvalue weighted by molar-refractivity contribution is 4.92. The number of allylic oxidation sites excluding steroid dienone is 4. The number of hydrogen-bond donors (Lipinski definition) is 0. The van der Waals surface area contributed by atoms with Gasteiger partial charge in [0.25, 0.3) is 0 Å². The molecular weight excluding hydrogens is 306 g/mol. The Morgan fingerprint density at radius 1 is 0.640 bits per heavy atom. The first-order chi connectivity index (χ1) is 12.3. The first-order valence-corrected chi connectivity index (χ1v) is 10.8. The minimum Gasteiger partial charge on any atom is -0.381 e. The molecule has 0 aliphatic carbocycles. The van der Waals surface area contributed by atoms with Gasteiger partial charge in [-0.3, -0.25) is 0 Å². The first-order valence-electron chi connectivity index (χ1n) is 10.8. The Balaban J connectivity index is 3.12. The van der Waals surface area contributed by atoms with Gasteiger partial charge in [0.2, 0.25) is 0 Å². The first kappa shape index (κ1) is 24.4. The summed E-state index contributed by atoms with van der Waals surface area (Å²) < 4.78 is 5.66. The van der Waals surface area contributed by atoms with E-state index in [4.69, 9.17) is 4.74 Å². The minimum absolute atomic E-state index is 0.915. The van der Waals surface area contributed by atoms with Crippen molar-refractivity contribution in [3.8, 4) is 0 Å². The third-order valence-electron chi connectivity index (χ3n) is 4.38. The second-order valence-electron chi connectivity index (χ2n) is 7.35. The van der Waals surface area contributed by atoms with Crippen LogP contribution >= 0.6 is 0 Å². The Morgan fingerprint density at radius 3 is 1.84 bits per heavy atom. The van der Waals surface area contributed by atoms with E-state index in [1.54, 1.807) is 0 Å². The van der Waals surface area contributed by atoms with Crippen molar-refractivity contribution in [1.29, 1.82) is 0 Å². The molecule has 25 heavy (non-hydrogen) atoms. The summed E-state index contributed by atoms with van der Waals surface area (Å²) in [5, 5.41) is 0. The van der Waals surface area contributed by atoms with E-state index in [9.17, 15) is 0 Å². The van der Waals surface area contributed by atoms with Crippen LogP contribution < -0.4 is 0 Å². The van der Waals surface area contributed by atoms with Gasteiger partial charge in [-0.15, -0.1) is 0 Å². The number of unbranched alkanes of at least 4 members (excludes halogenated alkanes) is 9. The van der Waals surface area contributed by atoms with Gasteiger partial charge in [-0.2, -0.15) is 0 Å².